The molecule has 6 heteroatoms. The van der Waals surface area contributed by atoms with Crippen LogP contribution in [0.3, 0.4) is 0 Å². The SMILES string of the molecule is CC1CN(C(=O)N2CCCC2CN(C)C)CC1C(=O)O. The molecule has 0 bridgehead atoms. The van der Waals surface area contributed by atoms with Gasteiger partial charge in [-0.25, -0.2) is 4.79 Å². The van der Waals surface area contributed by atoms with E-state index < -0.39 is 11.9 Å². The van der Waals surface area contributed by atoms with Gasteiger partial charge in [0.1, 0.15) is 0 Å². The van der Waals surface area contributed by atoms with Crippen LogP contribution in [-0.2, 0) is 4.79 Å². The minimum Gasteiger partial charge on any atom is -0.481 e. The van der Waals surface area contributed by atoms with E-state index in [0.29, 0.717) is 13.1 Å². The number of hydrogen-bond donors (Lipinski definition) is 1. The van der Waals surface area contributed by atoms with Crippen molar-refractivity contribution in [3.8, 4) is 0 Å². The molecule has 1 N–H and O–H groups in total. The van der Waals surface area contributed by atoms with Gasteiger partial charge in [-0.1, -0.05) is 6.92 Å². The predicted molar refractivity (Wildman–Crippen MR) is 75.5 cm³/mol. The van der Waals surface area contributed by atoms with Crippen LogP contribution in [0.4, 0.5) is 4.79 Å². The van der Waals surface area contributed by atoms with Gasteiger partial charge in [-0.05, 0) is 32.9 Å². The largest absolute Gasteiger partial charge is 0.481 e. The number of aliphatic carboxylic acids is 1. The first-order valence-corrected chi connectivity index (χ1v) is 7.33. The van der Waals surface area contributed by atoms with Crippen molar-refractivity contribution in [1.29, 1.82) is 0 Å². The van der Waals surface area contributed by atoms with Gasteiger partial charge in [-0.3, -0.25) is 4.79 Å². The summed E-state index contributed by atoms with van der Waals surface area (Å²) in [5, 5.41) is 9.16. The van der Waals surface area contributed by atoms with E-state index in [4.69, 9.17) is 5.11 Å². The minimum atomic E-state index is -0.793. The molecule has 0 aromatic rings. The van der Waals surface area contributed by atoms with Gasteiger partial charge < -0.3 is 19.8 Å². The molecule has 2 rings (SSSR count). The maximum Gasteiger partial charge on any atom is 0.320 e. The smallest absolute Gasteiger partial charge is 0.320 e. The van der Waals surface area contributed by atoms with Crippen molar-refractivity contribution in [2.24, 2.45) is 11.8 Å². The van der Waals surface area contributed by atoms with Gasteiger partial charge in [-0.15, -0.1) is 0 Å². The average Bonchev–Trinajstić information content (AvgIpc) is 2.94. The third-order valence-corrected chi connectivity index (χ3v) is 4.40. The molecule has 114 valence electrons. The second-order valence-electron chi connectivity index (χ2n) is 6.36. The van der Waals surface area contributed by atoms with Crippen molar-refractivity contribution < 1.29 is 14.7 Å². The fourth-order valence-corrected chi connectivity index (χ4v) is 3.32. The summed E-state index contributed by atoms with van der Waals surface area (Å²) in [5.41, 5.74) is 0. The normalized spacial score (nSPS) is 30.3. The fourth-order valence-electron chi connectivity index (χ4n) is 3.32. The number of urea groups is 1. The molecular weight excluding hydrogens is 258 g/mol. The number of carboxylic acids is 1. The van der Waals surface area contributed by atoms with Gasteiger partial charge in [0.15, 0.2) is 0 Å². The lowest BCUT2D eigenvalue weighted by atomic mass is 9.99. The zero-order chi connectivity index (χ0) is 14.9. The molecule has 0 aliphatic carbocycles. The standard InChI is InChI=1S/C14H25N3O3/c1-10-7-16(9-12(10)13(18)19)14(20)17-6-4-5-11(17)8-15(2)3/h10-12H,4-9H2,1-3H3,(H,18,19). The van der Waals surface area contributed by atoms with Gasteiger partial charge in [0.25, 0.3) is 0 Å². The summed E-state index contributed by atoms with van der Waals surface area (Å²) in [7, 11) is 4.03. The first-order chi connectivity index (χ1) is 9.40. The lowest BCUT2D eigenvalue weighted by Gasteiger charge is -2.31. The lowest BCUT2D eigenvalue weighted by Crippen LogP contribution is -2.47. The Morgan fingerprint density at radius 3 is 2.55 bits per heavy atom. The zero-order valence-corrected chi connectivity index (χ0v) is 12.6. The first kappa shape index (κ1) is 15.1. The highest BCUT2D eigenvalue weighted by Gasteiger charge is 2.40. The molecule has 2 aliphatic rings. The van der Waals surface area contributed by atoms with E-state index in [0.717, 1.165) is 25.9 Å². The van der Waals surface area contributed by atoms with Gasteiger partial charge in [-0.2, -0.15) is 0 Å². The molecule has 2 saturated heterocycles. The van der Waals surface area contributed by atoms with Crippen LogP contribution in [0.1, 0.15) is 19.8 Å². The summed E-state index contributed by atoms with van der Waals surface area (Å²) in [4.78, 5) is 29.5. The van der Waals surface area contributed by atoms with Crippen LogP contribution >= 0.6 is 0 Å². The average molecular weight is 283 g/mol. The summed E-state index contributed by atoms with van der Waals surface area (Å²) in [5.74, 6) is -1.18. The quantitative estimate of drug-likeness (QED) is 0.831. The van der Waals surface area contributed by atoms with E-state index in [1.54, 1.807) is 4.90 Å². The van der Waals surface area contributed by atoms with Crippen LogP contribution in [-0.4, -0.2) is 78.1 Å². The number of amides is 2. The fraction of sp³-hybridized carbons (Fsp3) is 0.857. The molecule has 0 radical (unpaired) electrons. The molecule has 20 heavy (non-hydrogen) atoms. The monoisotopic (exact) mass is 283 g/mol. The van der Waals surface area contributed by atoms with Crippen molar-refractivity contribution in [1.82, 2.24) is 14.7 Å². The number of likely N-dealkylation sites (N-methyl/N-ethyl adjacent to an activating group) is 1. The highest BCUT2D eigenvalue weighted by Crippen LogP contribution is 2.27. The molecule has 3 unspecified atom stereocenters. The number of rotatable bonds is 3. The Balaban J connectivity index is 1.99. The minimum absolute atomic E-state index is 0.0185. The summed E-state index contributed by atoms with van der Waals surface area (Å²) in [6.07, 6.45) is 2.08. The number of nitrogens with zero attached hydrogens (tertiary/aromatic N) is 3. The third-order valence-electron chi connectivity index (χ3n) is 4.40. The van der Waals surface area contributed by atoms with Crippen molar-refractivity contribution in [2.45, 2.75) is 25.8 Å². The Bertz CT molecular complexity index is 386. The number of likely N-dealkylation sites (tertiary alicyclic amines) is 2. The molecule has 0 saturated carbocycles. The van der Waals surface area contributed by atoms with E-state index in [1.807, 2.05) is 25.9 Å². The second-order valence-corrected chi connectivity index (χ2v) is 6.36. The van der Waals surface area contributed by atoms with Crippen LogP contribution in [0.25, 0.3) is 0 Å². The van der Waals surface area contributed by atoms with Crippen molar-refractivity contribution in [3.63, 3.8) is 0 Å². The van der Waals surface area contributed by atoms with Crippen LogP contribution in [0.2, 0.25) is 0 Å². The Morgan fingerprint density at radius 2 is 2.00 bits per heavy atom. The molecule has 3 atom stereocenters. The lowest BCUT2D eigenvalue weighted by molar-refractivity contribution is -0.142. The predicted octanol–water partition coefficient (Wildman–Crippen LogP) is 0.785. The topological polar surface area (TPSA) is 64.1 Å². The summed E-state index contributed by atoms with van der Waals surface area (Å²) < 4.78 is 0. The second kappa shape index (κ2) is 5.99. The van der Waals surface area contributed by atoms with E-state index >= 15 is 0 Å². The third kappa shape index (κ3) is 3.06. The Morgan fingerprint density at radius 1 is 1.30 bits per heavy atom. The van der Waals surface area contributed by atoms with Crippen LogP contribution in [0.5, 0.6) is 0 Å². The highest BCUT2D eigenvalue weighted by molar-refractivity contribution is 5.78. The number of carbonyl (C=O) groups is 2. The van der Waals surface area contributed by atoms with Crippen LogP contribution in [0, 0.1) is 11.8 Å². The Kier molecular flexibility index (Phi) is 4.52. The van der Waals surface area contributed by atoms with Gasteiger partial charge in [0, 0.05) is 32.2 Å². The number of carboxylic acid groups (broad SMARTS) is 1. The molecule has 6 nitrogen and oxygen atoms in total. The van der Waals surface area contributed by atoms with Gasteiger partial charge in [0.05, 0.1) is 5.92 Å². The van der Waals surface area contributed by atoms with Gasteiger partial charge >= 0.3 is 12.0 Å². The summed E-state index contributed by atoms with van der Waals surface area (Å²) in [6, 6.07) is 0.279. The van der Waals surface area contributed by atoms with Gasteiger partial charge in [0.2, 0.25) is 0 Å². The number of hydrogen-bond acceptors (Lipinski definition) is 3. The molecule has 2 aliphatic heterocycles. The zero-order valence-electron chi connectivity index (χ0n) is 12.6. The Labute approximate surface area is 120 Å². The van der Waals surface area contributed by atoms with Crippen molar-refractivity contribution >= 4 is 12.0 Å². The Hall–Kier alpha value is -1.30. The molecule has 2 amide bonds. The molecular formula is C14H25N3O3. The van der Waals surface area contributed by atoms with Crippen LogP contribution < -0.4 is 0 Å². The summed E-state index contributed by atoms with van der Waals surface area (Å²) >= 11 is 0. The van der Waals surface area contributed by atoms with Crippen LogP contribution in [0.15, 0.2) is 0 Å². The van der Waals surface area contributed by atoms with E-state index in [2.05, 4.69) is 4.90 Å². The van der Waals surface area contributed by atoms with E-state index in [-0.39, 0.29) is 18.0 Å². The maximum atomic E-state index is 12.6. The summed E-state index contributed by atoms with van der Waals surface area (Å²) in [6.45, 7) is 4.48. The van der Waals surface area contributed by atoms with Crippen molar-refractivity contribution in [3.05, 3.63) is 0 Å². The maximum absolute atomic E-state index is 12.6. The molecule has 0 aromatic carbocycles. The highest BCUT2D eigenvalue weighted by atomic mass is 16.4. The molecule has 2 fully saturated rings. The van der Waals surface area contributed by atoms with E-state index in [9.17, 15) is 9.59 Å². The molecule has 0 spiro atoms. The molecule has 0 aromatic heterocycles. The van der Waals surface area contributed by atoms with E-state index in [1.165, 1.54) is 0 Å². The van der Waals surface area contributed by atoms with Crippen molar-refractivity contribution in [2.75, 3.05) is 40.3 Å². The number of carbonyl (C=O) groups excluding carboxylic acids is 1. The first-order valence-electron chi connectivity index (χ1n) is 7.33. The molecule has 2 heterocycles.